The number of carbonyl (C=O) groups is 1. The lowest BCUT2D eigenvalue weighted by Gasteiger charge is -2.19. The van der Waals surface area contributed by atoms with Gasteiger partial charge in [-0.1, -0.05) is 18.2 Å². The molecule has 6 heteroatoms. The first-order valence-electron chi connectivity index (χ1n) is 8.19. The largest absolute Gasteiger partial charge is 0.338 e. The SMILES string of the molecule is CN(Cc1nccn1C(F)F)C(=O)Cc1ccc2c(c1)CCCC2. The monoisotopic (exact) mass is 333 g/mol. The van der Waals surface area contributed by atoms with Gasteiger partial charge in [0.2, 0.25) is 5.91 Å². The van der Waals surface area contributed by atoms with Crippen LogP contribution in [0.4, 0.5) is 8.78 Å². The number of halogens is 2. The third kappa shape index (κ3) is 3.63. The van der Waals surface area contributed by atoms with Crippen LogP contribution in [0.1, 0.15) is 41.9 Å². The van der Waals surface area contributed by atoms with Crippen LogP contribution >= 0.6 is 0 Å². The normalized spacial score (nSPS) is 13.8. The highest BCUT2D eigenvalue weighted by Crippen LogP contribution is 2.22. The van der Waals surface area contributed by atoms with Gasteiger partial charge in [-0.15, -0.1) is 0 Å². The summed E-state index contributed by atoms with van der Waals surface area (Å²) in [7, 11) is 1.62. The Kier molecular flexibility index (Phi) is 4.92. The maximum atomic E-state index is 12.8. The number of aryl methyl sites for hydroxylation is 2. The number of nitrogens with zero attached hydrogens (tertiary/aromatic N) is 3. The molecule has 0 saturated heterocycles. The number of benzene rings is 1. The molecule has 4 nitrogen and oxygen atoms in total. The van der Waals surface area contributed by atoms with Gasteiger partial charge in [-0.3, -0.25) is 9.36 Å². The summed E-state index contributed by atoms with van der Waals surface area (Å²) in [5, 5.41) is 0. The molecule has 1 aromatic carbocycles. The molecule has 24 heavy (non-hydrogen) atoms. The Balaban J connectivity index is 1.65. The zero-order chi connectivity index (χ0) is 17.1. The van der Waals surface area contributed by atoms with Crippen molar-refractivity contribution < 1.29 is 13.6 Å². The molecule has 1 amide bonds. The summed E-state index contributed by atoms with van der Waals surface area (Å²) in [6.45, 7) is -2.58. The van der Waals surface area contributed by atoms with Crippen LogP contribution in [0.25, 0.3) is 0 Å². The van der Waals surface area contributed by atoms with Crippen LogP contribution in [0, 0.1) is 0 Å². The standard InChI is InChI=1S/C18H21F2N3O/c1-22(12-16-21-8-9-23(16)18(19)20)17(24)11-13-6-7-14-4-2-3-5-15(14)10-13/h6-10,18H,2-5,11-12H2,1H3. The third-order valence-electron chi connectivity index (χ3n) is 4.53. The first-order chi connectivity index (χ1) is 11.5. The van der Waals surface area contributed by atoms with Gasteiger partial charge in [0.25, 0.3) is 0 Å². The molecule has 0 saturated carbocycles. The van der Waals surface area contributed by atoms with Crippen LogP contribution in [-0.4, -0.2) is 27.4 Å². The minimum atomic E-state index is -2.65. The molecular formula is C18H21F2N3O. The van der Waals surface area contributed by atoms with Gasteiger partial charge in [0.05, 0.1) is 13.0 Å². The van der Waals surface area contributed by atoms with E-state index < -0.39 is 6.55 Å². The Labute approximate surface area is 140 Å². The quantitative estimate of drug-likeness (QED) is 0.841. The van der Waals surface area contributed by atoms with Crippen LogP contribution in [0.3, 0.4) is 0 Å². The van der Waals surface area contributed by atoms with Crippen LogP contribution in [0.2, 0.25) is 0 Å². The minimum Gasteiger partial charge on any atom is -0.338 e. The van der Waals surface area contributed by atoms with E-state index in [9.17, 15) is 13.6 Å². The van der Waals surface area contributed by atoms with Crippen molar-refractivity contribution in [1.29, 1.82) is 0 Å². The molecule has 0 bridgehead atoms. The number of likely N-dealkylation sites (N-methyl/N-ethyl adjacent to an activating group) is 1. The highest BCUT2D eigenvalue weighted by molar-refractivity contribution is 5.78. The number of fused-ring (bicyclic) bond motifs is 1. The molecule has 1 heterocycles. The summed E-state index contributed by atoms with van der Waals surface area (Å²) in [6.07, 6.45) is 7.43. The van der Waals surface area contributed by atoms with Crippen LogP contribution in [0.15, 0.2) is 30.6 Å². The molecule has 0 unspecified atom stereocenters. The van der Waals surface area contributed by atoms with Gasteiger partial charge in [-0.25, -0.2) is 4.98 Å². The van der Waals surface area contributed by atoms with Crippen LogP contribution < -0.4 is 0 Å². The fourth-order valence-corrected chi connectivity index (χ4v) is 3.15. The fraction of sp³-hybridized carbons (Fsp3) is 0.444. The van der Waals surface area contributed by atoms with E-state index in [4.69, 9.17) is 0 Å². The van der Waals surface area contributed by atoms with Crippen molar-refractivity contribution in [2.75, 3.05) is 7.05 Å². The van der Waals surface area contributed by atoms with Gasteiger partial charge in [0, 0.05) is 19.4 Å². The highest BCUT2D eigenvalue weighted by atomic mass is 19.3. The number of alkyl halides is 2. The van der Waals surface area contributed by atoms with Gasteiger partial charge in [0.1, 0.15) is 5.82 Å². The van der Waals surface area contributed by atoms with Crippen molar-refractivity contribution in [3.8, 4) is 0 Å². The number of rotatable bonds is 5. The number of imidazole rings is 1. The van der Waals surface area contributed by atoms with Crippen molar-refractivity contribution in [2.45, 2.75) is 45.2 Å². The topological polar surface area (TPSA) is 38.1 Å². The molecule has 128 valence electrons. The van der Waals surface area contributed by atoms with Crippen molar-refractivity contribution in [1.82, 2.24) is 14.5 Å². The van der Waals surface area contributed by atoms with Crippen molar-refractivity contribution >= 4 is 5.91 Å². The Hall–Kier alpha value is -2.24. The molecule has 1 aromatic heterocycles. The van der Waals surface area contributed by atoms with E-state index in [1.54, 1.807) is 7.05 Å². The number of hydrogen-bond donors (Lipinski definition) is 0. The lowest BCUT2D eigenvalue weighted by molar-refractivity contribution is -0.129. The molecule has 0 aliphatic heterocycles. The van der Waals surface area contributed by atoms with Gasteiger partial charge in [-0.2, -0.15) is 8.78 Å². The third-order valence-corrected chi connectivity index (χ3v) is 4.53. The predicted octanol–water partition coefficient (Wildman–Crippen LogP) is 3.36. The van der Waals surface area contributed by atoms with E-state index in [1.165, 1.54) is 41.3 Å². The lowest BCUT2D eigenvalue weighted by Crippen LogP contribution is -2.29. The molecule has 0 atom stereocenters. The van der Waals surface area contributed by atoms with Crippen LogP contribution in [0.5, 0.6) is 0 Å². The second-order valence-corrected chi connectivity index (χ2v) is 6.27. The maximum absolute atomic E-state index is 12.8. The molecule has 0 fully saturated rings. The molecule has 0 spiro atoms. The average molecular weight is 333 g/mol. The average Bonchev–Trinajstić information content (AvgIpc) is 3.03. The van der Waals surface area contributed by atoms with Gasteiger partial charge < -0.3 is 4.90 Å². The lowest BCUT2D eigenvalue weighted by atomic mass is 9.90. The second-order valence-electron chi connectivity index (χ2n) is 6.27. The van der Waals surface area contributed by atoms with Crippen LogP contribution in [-0.2, 0) is 30.6 Å². The molecule has 0 radical (unpaired) electrons. The Morgan fingerprint density at radius 1 is 1.29 bits per heavy atom. The molecule has 2 aromatic rings. The number of carbonyl (C=O) groups excluding carboxylic acids is 1. The van der Waals surface area contributed by atoms with E-state index >= 15 is 0 Å². The Bertz CT molecular complexity index is 727. The van der Waals surface area contributed by atoms with E-state index in [2.05, 4.69) is 17.1 Å². The number of aromatic nitrogens is 2. The summed E-state index contributed by atoms with van der Waals surface area (Å²) < 4.78 is 26.5. The molecule has 1 aliphatic rings. The van der Waals surface area contributed by atoms with Crippen molar-refractivity contribution in [2.24, 2.45) is 0 Å². The second kappa shape index (κ2) is 7.11. The van der Waals surface area contributed by atoms with Gasteiger partial charge >= 0.3 is 6.55 Å². The van der Waals surface area contributed by atoms with Gasteiger partial charge in [0.15, 0.2) is 0 Å². The van der Waals surface area contributed by atoms with E-state index in [-0.39, 0.29) is 24.7 Å². The van der Waals surface area contributed by atoms with Crippen molar-refractivity contribution in [3.05, 3.63) is 53.1 Å². The molecular weight excluding hydrogens is 312 g/mol. The summed E-state index contributed by atoms with van der Waals surface area (Å²) in [5.74, 6) is 0.0841. The summed E-state index contributed by atoms with van der Waals surface area (Å²) in [6, 6.07) is 6.22. The molecule has 0 N–H and O–H groups in total. The maximum Gasteiger partial charge on any atom is 0.319 e. The summed E-state index contributed by atoms with van der Waals surface area (Å²) in [4.78, 5) is 17.7. The summed E-state index contributed by atoms with van der Waals surface area (Å²) in [5.41, 5.74) is 3.69. The molecule has 1 aliphatic carbocycles. The zero-order valence-electron chi connectivity index (χ0n) is 13.7. The van der Waals surface area contributed by atoms with E-state index in [1.807, 2.05) is 6.07 Å². The van der Waals surface area contributed by atoms with Gasteiger partial charge in [-0.05, 0) is 42.4 Å². The Morgan fingerprint density at radius 2 is 2.04 bits per heavy atom. The predicted molar refractivity (Wildman–Crippen MR) is 86.7 cm³/mol. The molecule has 3 rings (SSSR count). The summed E-state index contributed by atoms with van der Waals surface area (Å²) >= 11 is 0. The Morgan fingerprint density at radius 3 is 2.79 bits per heavy atom. The van der Waals surface area contributed by atoms with Crippen molar-refractivity contribution in [3.63, 3.8) is 0 Å². The number of amides is 1. The first kappa shape index (κ1) is 16.6. The number of hydrogen-bond acceptors (Lipinski definition) is 2. The first-order valence-corrected chi connectivity index (χ1v) is 8.19. The fourth-order valence-electron chi connectivity index (χ4n) is 3.15. The smallest absolute Gasteiger partial charge is 0.319 e. The highest BCUT2D eigenvalue weighted by Gasteiger charge is 2.17. The minimum absolute atomic E-state index is 0.0705. The van der Waals surface area contributed by atoms with E-state index in [0.29, 0.717) is 0 Å². The van der Waals surface area contributed by atoms with E-state index in [0.717, 1.165) is 23.0 Å². The zero-order valence-corrected chi connectivity index (χ0v) is 13.7.